The SMILES string of the molecule is C[C@@H](Oc1ccccc1)C(=O)Nc1nnc(S(=O)(=O)N(C)Cc2ccccc2)s1. The fourth-order valence-electron chi connectivity index (χ4n) is 2.39. The molecular weight excluding hydrogens is 412 g/mol. The smallest absolute Gasteiger partial charge is 0.272 e. The van der Waals surface area contributed by atoms with Crippen molar-refractivity contribution in [2.24, 2.45) is 0 Å². The molecule has 0 bridgehead atoms. The van der Waals surface area contributed by atoms with Gasteiger partial charge in [0, 0.05) is 13.6 Å². The second-order valence-electron chi connectivity index (χ2n) is 6.18. The zero-order chi connectivity index (χ0) is 20.9. The van der Waals surface area contributed by atoms with Crippen LogP contribution in [0.4, 0.5) is 5.13 Å². The number of hydrogen-bond donors (Lipinski definition) is 1. The van der Waals surface area contributed by atoms with E-state index in [1.165, 1.54) is 11.4 Å². The van der Waals surface area contributed by atoms with E-state index in [4.69, 9.17) is 4.74 Å². The highest BCUT2D eigenvalue weighted by Gasteiger charge is 2.27. The van der Waals surface area contributed by atoms with Gasteiger partial charge in [-0.3, -0.25) is 10.1 Å². The van der Waals surface area contributed by atoms with Crippen LogP contribution in [0.3, 0.4) is 0 Å². The Morgan fingerprint density at radius 2 is 1.72 bits per heavy atom. The Bertz CT molecular complexity index is 1060. The summed E-state index contributed by atoms with van der Waals surface area (Å²) in [5.74, 6) is 0.102. The molecule has 8 nitrogen and oxygen atoms in total. The van der Waals surface area contributed by atoms with Crippen LogP contribution in [0.15, 0.2) is 65.0 Å². The molecule has 0 unspecified atom stereocenters. The standard InChI is InChI=1S/C19H20N4O4S2/c1-14(27-16-11-7-4-8-12-16)17(24)20-18-21-22-19(28-18)29(25,26)23(2)13-15-9-5-3-6-10-15/h3-12,14H,13H2,1-2H3,(H,20,21,24)/t14-/m1/s1. The van der Waals surface area contributed by atoms with Crippen molar-refractivity contribution in [3.63, 3.8) is 0 Å². The predicted molar refractivity (Wildman–Crippen MR) is 110 cm³/mol. The number of ether oxygens (including phenoxy) is 1. The van der Waals surface area contributed by atoms with Crippen molar-refractivity contribution >= 4 is 32.4 Å². The Morgan fingerprint density at radius 1 is 1.10 bits per heavy atom. The molecule has 1 aromatic heterocycles. The first kappa shape index (κ1) is 20.9. The summed E-state index contributed by atoms with van der Waals surface area (Å²) in [6.45, 7) is 1.79. The number of anilines is 1. The summed E-state index contributed by atoms with van der Waals surface area (Å²) in [5.41, 5.74) is 0.850. The lowest BCUT2D eigenvalue weighted by molar-refractivity contribution is -0.122. The number of carbonyl (C=O) groups is 1. The third-order valence-electron chi connectivity index (χ3n) is 3.94. The molecule has 1 N–H and O–H groups in total. The second kappa shape index (κ2) is 9.12. The van der Waals surface area contributed by atoms with Gasteiger partial charge in [0.1, 0.15) is 5.75 Å². The van der Waals surface area contributed by atoms with Crippen molar-refractivity contribution in [3.05, 3.63) is 66.2 Å². The summed E-state index contributed by atoms with van der Waals surface area (Å²) in [7, 11) is -2.36. The van der Waals surface area contributed by atoms with Crippen LogP contribution in [-0.4, -0.2) is 42.0 Å². The van der Waals surface area contributed by atoms with Gasteiger partial charge in [-0.2, -0.15) is 4.31 Å². The first-order chi connectivity index (χ1) is 13.9. The number of sulfonamides is 1. The normalized spacial score (nSPS) is 12.5. The highest BCUT2D eigenvalue weighted by Crippen LogP contribution is 2.24. The number of rotatable bonds is 8. The molecule has 1 amide bonds. The molecule has 0 saturated heterocycles. The minimum atomic E-state index is -3.83. The molecule has 152 valence electrons. The zero-order valence-corrected chi connectivity index (χ0v) is 17.5. The molecule has 3 aromatic rings. The van der Waals surface area contributed by atoms with Crippen molar-refractivity contribution in [2.75, 3.05) is 12.4 Å². The van der Waals surface area contributed by atoms with Crippen LogP contribution >= 0.6 is 11.3 Å². The van der Waals surface area contributed by atoms with Gasteiger partial charge in [-0.25, -0.2) is 8.42 Å². The first-order valence-corrected chi connectivity index (χ1v) is 11.0. The summed E-state index contributed by atoms with van der Waals surface area (Å²) >= 11 is 0.791. The summed E-state index contributed by atoms with van der Waals surface area (Å²) in [5, 5.41) is 10.1. The van der Waals surface area contributed by atoms with Crippen LogP contribution in [-0.2, 0) is 21.4 Å². The molecule has 1 atom stereocenters. The van der Waals surface area contributed by atoms with Crippen molar-refractivity contribution in [3.8, 4) is 5.75 Å². The van der Waals surface area contributed by atoms with E-state index >= 15 is 0 Å². The van der Waals surface area contributed by atoms with Gasteiger partial charge >= 0.3 is 0 Å². The number of amides is 1. The Labute approximate surface area is 173 Å². The maximum absolute atomic E-state index is 12.7. The van der Waals surface area contributed by atoms with E-state index in [0.29, 0.717) is 5.75 Å². The van der Waals surface area contributed by atoms with Gasteiger partial charge in [0.2, 0.25) is 9.47 Å². The number of aromatic nitrogens is 2. The van der Waals surface area contributed by atoms with E-state index < -0.39 is 22.0 Å². The molecule has 10 heteroatoms. The average molecular weight is 433 g/mol. The van der Waals surface area contributed by atoms with Crippen molar-refractivity contribution in [2.45, 2.75) is 23.9 Å². The van der Waals surface area contributed by atoms with E-state index in [1.807, 2.05) is 36.4 Å². The number of benzene rings is 2. The van der Waals surface area contributed by atoms with Crippen LogP contribution in [0, 0.1) is 0 Å². The molecule has 29 heavy (non-hydrogen) atoms. The topological polar surface area (TPSA) is 101 Å². The second-order valence-corrected chi connectivity index (χ2v) is 9.38. The lowest BCUT2D eigenvalue weighted by Gasteiger charge is -2.15. The van der Waals surface area contributed by atoms with Gasteiger partial charge < -0.3 is 4.74 Å². The lowest BCUT2D eigenvalue weighted by atomic mass is 10.2. The van der Waals surface area contributed by atoms with Crippen LogP contribution < -0.4 is 10.1 Å². The van der Waals surface area contributed by atoms with Gasteiger partial charge in [0.15, 0.2) is 6.10 Å². The van der Waals surface area contributed by atoms with Gasteiger partial charge in [-0.05, 0) is 24.6 Å². The van der Waals surface area contributed by atoms with Crippen LogP contribution in [0.2, 0.25) is 0 Å². The summed E-state index contributed by atoms with van der Waals surface area (Å²) in [6.07, 6.45) is -0.790. The fraction of sp³-hybridized carbons (Fsp3) is 0.211. The molecule has 0 radical (unpaired) electrons. The largest absolute Gasteiger partial charge is 0.481 e. The molecule has 3 rings (SSSR count). The fourth-order valence-corrected chi connectivity index (χ4v) is 4.64. The van der Waals surface area contributed by atoms with Crippen LogP contribution in [0.1, 0.15) is 12.5 Å². The summed E-state index contributed by atoms with van der Waals surface area (Å²) in [4.78, 5) is 12.3. The van der Waals surface area contributed by atoms with Gasteiger partial charge in [0.25, 0.3) is 15.9 Å². The van der Waals surface area contributed by atoms with E-state index in [-0.39, 0.29) is 16.0 Å². The monoisotopic (exact) mass is 432 g/mol. The highest BCUT2D eigenvalue weighted by molar-refractivity contribution is 7.91. The van der Waals surface area contributed by atoms with Crippen molar-refractivity contribution < 1.29 is 17.9 Å². The molecule has 0 aliphatic rings. The van der Waals surface area contributed by atoms with E-state index in [0.717, 1.165) is 16.9 Å². The van der Waals surface area contributed by atoms with Gasteiger partial charge in [0.05, 0.1) is 0 Å². The number of nitrogens with zero attached hydrogens (tertiary/aromatic N) is 3. The Balaban J connectivity index is 1.64. The molecule has 0 saturated carbocycles. The van der Waals surface area contributed by atoms with Crippen molar-refractivity contribution in [1.82, 2.24) is 14.5 Å². The maximum atomic E-state index is 12.7. The molecule has 0 aliphatic heterocycles. The molecule has 0 fully saturated rings. The third kappa shape index (κ3) is 5.37. The van der Waals surface area contributed by atoms with E-state index in [1.54, 1.807) is 31.2 Å². The molecule has 1 heterocycles. The summed E-state index contributed by atoms with van der Waals surface area (Å²) in [6, 6.07) is 18.1. The number of para-hydroxylation sites is 1. The minimum absolute atomic E-state index is 0.0881. The molecule has 0 aliphatic carbocycles. The predicted octanol–water partition coefficient (Wildman–Crippen LogP) is 2.76. The van der Waals surface area contributed by atoms with Crippen LogP contribution in [0.5, 0.6) is 5.75 Å². The molecule has 2 aromatic carbocycles. The molecule has 0 spiro atoms. The minimum Gasteiger partial charge on any atom is -0.481 e. The van der Waals surface area contributed by atoms with E-state index in [9.17, 15) is 13.2 Å². The van der Waals surface area contributed by atoms with Gasteiger partial charge in [-0.1, -0.05) is 59.9 Å². The van der Waals surface area contributed by atoms with E-state index in [2.05, 4.69) is 15.5 Å². The highest BCUT2D eigenvalue weighted by atomic mass is 32.2. The third-order valence-corrected chi connectivity index (χ3v) is 6.93. The van der Waals surface area contributed by atoms with Crippen LogP contribution in [0.25, 0.3) is 0 Å². The first-order valence-electron chi connectivity index (χ1n) is 8.72. The van der Waals surface area contributed by atoms with Gasteiger partial charge in [-0.15, -0.1) is 10.2 Å². The Kier molecular flexibility index (Phi) is 6.57. The quantitative estimate of drug-likeness (QED) is 0.549. The number of nitrogens with one attached hydrogen (secondary N) is 1. The number of carbonyl (C=O) groups excluding carboxylic acids is 1. The Morgan fingerprint density at radius 3 is 2.38 bits per heavy atom. The lowest BCUT2D eigenvalue weighted by Crippen LogP contribution is -2.30. The summed E-state index contributed by atoms with van der Waals surface area (Å²) < 4.78 is 32.0. The average Bonchev–Trinajstić information content (AvgIpc) is 3.18. The zero-order valence-electron chi connectivity index (χ0n) is 15.8. The maximum Gasteiger partial charge on any atom is 0.272 e. The molecular formula is C19H20N4O4S2. The van der Waals surface area contributed by atoms with Crippen molar-refractivity contribution in [1.29, 1.82) is 0 Å². The number of hydrogen-bond acceptors (Lipinski definition) is 7. The Hall–Kier alpha value is -2.82.